The van der Waals surface area contributed by atoms with Crippen molar-refractivity contribution in [3.63, 3.8) is 0 Å². The molecule has 0 saturated carbocycles. The number of esters is 1. The van der Waals surface area contributed by atoms with E-state index in [9.17, 15) is 9.59 Å². The van der Waals surface area contributed by atoms with Crippen molar-refractivity contribution in [3.8, 4) is 0 Å². The van der Waals surface area contributed by atoms with Crippen molar-refractivity contribution in [2.75, 3.05) is 19.7 Å². The summed E-state index contributed by atoms with van der Waals surface area (Å²) in [5.41, 5.74) is 1.25. The minimum absolute atomic E-state index is 0.00913. The lowest BCUT2D eigenvalue weighted by Crippen LogP contribution is -2.42. The summed E-state index contributed by atoms with van der Waals surface area (Å²) >= 11 is 0. The number of ether oxygens (including phenoxy) is 1. The lowest BCUT2D eigenvalue weighted by atomic mass is 10.1. The average molecular weight is 260 g/mol. The van der Waals surface area contributed by atoms with Crippen molar-refractivity contribution in [2.24, 2.45) is 0 Å². The van der Waals surface area contributed by atoms with E-state index in [1.165, 1.54) is 6.08 Å². The molecular weight excluding hydrogens is 244 g/mol. The lowest BCUT2D eigenvalue weighted by Gasteiger charge is -2.30. The molecule has 0 N–H and O–H groups in total. The molecule has 1 amide bonds. The molecule has 1 fully saturated rings. The summed E-state index contributed by atoms with van der Waals surface area (Å²) in [6, 6.07) is 1.73. The molecular formula is C14H16N2O3. The van der Waals surface area contributed by atoms with Crippen LogP contribution in [0.2, 0.25) is 0 Å². The van der Waals surface area contributed by atoms with Gasteiger partial charge in [0.05, 0.1) is 12.2 Å². The maximum Gasteiger partial charge on any atom is 0.330 e. The number of rotatable bonds is 4. The van der Waals surface area contributed by atoms with Crippen molar-refractivity contribution in [1.29, 1.82) is 0 Å². The second-order valence-corrected chi connectivity index (χ2v) is 4.24. The van der Waals surface area contributed by atoms with E-state index >= 15 is 0 Å². The van der Waals surface area contributed by atoms with Gasteiger partial charge in [0.1, 0.15) is 0 Å². The fraction of sp³-hybridized carbons (Fsp3) is 0.357. The van der Waals surface area contributed by atoms with Crippen LogP contribution in [-0.4, -0.2) is 41.5 Å². The van der Waals surface area contributed by atoms with Crippen molar-refractivity contribution >= 4 is 18.0 Å². The highest BCUT2D eigenvalue weighted by Crippen LogP contribution is 2.13. The molecule has 100 valence electrons. The van der Waals surface area contributed by atoms with Gasteiger partial charge in [-0.3, -0.25) is 9.78 Å². The van der Waals surface area contributed by atoms with Gasteiger partial charge in [-0.15, -0.1) is 0 Å². The molecule has 0 aromatic carbocycles. The van der Waals surface area contributed by atoms with Gasteiger partial charge < -0.3 is 9.64 Å². The fourth-order valence-corrected chi connectivity index (χ4v) is 1.72. The molecule has 19 heavy (non-hydrogen) atoms. The maximum atomic E-state index is 12.0. The van der Waals surface area contributed by atoms with E-state index in [4.69, 9.17) is 4.74 Å². The Bertz CT molecular complexity index is 507. The van der Waals surface area contributed by atoms with Crippen LogP contribution in [-0.2, 0) is 9.53 Å². The molecule has 1 aliphatic rings. The molecule has 0 unspecified atom stereocenters. The molecule has 1 aliphatic heterocycles. The van der Waals surface area contributed by atoms with E-state index in [2.05, 4.69) is 4.98 Å². The van der Waals surface area contributed by atoms with Crippen LogP contribution in [0.3, 0.4) is 0 Å². The van der Waals surface area contributed by atoms with Crippen molar-refractivity contribution in [1.82, 2.24) is 9.88 Å². The van der Waals surface area contributed by atoms with E-state index < -0.39 is 5.97 Å². The first kappa shape index (κ1) is 13.3. The first-order chi connectivity index (χ1) is 9.20. The third-order valence-electron chi connectivity index (χ3n) is 2.85. The Morgan fingerprint density at radius 1 is 1.42 bits per heavy atom. The number of hydrogen-bond acceptors (Lipinski definition) is 4. The highest BCUT2D eigenvalue weighted by Gasteiger charge is 2.21. The number of carbonyl (C=O) groups is 2. The number of hydrogen-bond donors (Lipinski definition) is 0. The fourth-order valence-electron chi connectivity index (χ4n) is 1.72. The van der Waals surface area contributed by atoms with Gasteiger partial charge in [-0.1, -0.05) is 0 Å². The van der Waals surface area contributed by atoms with Gasteiger partial charge in [0, 0.05) is 31.6 Å². The first-order valence-electron chi connectivity index (χ1n) is 6.30. The summed E-state index contributed by atoms with van der Waals surface area (Å²) < 4.78 is 4.78. The second kappa shape index (κ2) is 6.13. The second-order valence-electron chi connectivity index (χ2n) is 4.24. The molecule has 0 radical (unpaired) electrons. The average Bonchev–Trinajstić information content (AvgIpc) is 2.35. The zero-order chi connectivity index (χ0) is 13.7. The predicted molar refractivity (Wildman–Crippen MR) is 70.4 cm³/mol. The number of likely N-dealkylation sites (tertiary alicyclic amines) is 1. The van der Waals surface area contributed by atoms with Crippen LogP contribution in [0.5, 0.6) is 0 Å². The van der Waals surface area contributed by atoms with E-state index in [0.717, 1.165) is 19.5 Å². The molecule has 1 aromatic heterocycles. The summed E-state index contributed by atoms with van der Waals surface area (Å²) in [7, 11) is 0. The Morgan fingerprint density at radius 2 is 2.21 bits per heavy atom. The number of pyridine rings is 1. The smallest absolute Gasteiger partial charge is 0.330 e. The van der Waals surface area contributed by atoms with Crippen LogP contribution >= 0.6 is 0 Å². The number of aromatic nitrogens is 1. The summed E-state index contributed by atoms with van der Waals surface area (Å²) in [4.78, 5) is 29.0. The molecule has 1 aromatic rings. The van der Waals surface area contributed by atoms with E-state index in [1.807, 2.05) is 0 Å². The van der Waals surface area contributed by atoms with Crippen LogP contribution in [0.1, 0.15) is 29.3 Å². The number of nitrogens with zero attached hydrogens (tertiary/aromatic N) is 2. The normalized spacial score (nSPS) is 14.3. The number of carbonyl (C=O) groups excluding carboxylic acids is 2. The first-order valence-corrected chi connectivity index (χ1v) is 6.30. The molecule has 0 bridgehead atoms. The molecule has 2 rings (SSSR count). The van der Waals surface area contributed by atoms with Crippen LogP contribution < -0.4 is 0 Å². The topological polar surface area (TPSA) is 59.5 Å². The van der Waals surface area contributed by atoms with Gasteiger partial charge in [-0.2, -0.15) is 0 Å². The summed E-state index contributed by atoms with van der Waals surface area (Å²) in [5, 5.41) is 0. The van der Waals surface area contributed by atoms with Gasteiger partial charge in [-0.05, 0) is 31.1 Å². The predicted octanol–water partition coefficient (Wildman–Crippen LogP) is 1.50. The van der Waals surface area contributed by atoms with E-state index in [-0.39, 0.29) is 5.91 Å². The largest absolute Gasteiger partial charge is 0.463 e. The Hall–Kier alpha value is -2.17. The van der Waals surface area contributed by atoms with Crippen molar-refractivity contribution in [2.45, 2.75) is 13.3 Å². The zero-order valence-corrected chi connectivity index (χ0v) is 10.8. The molecule has 5 heteroatoms. The maximum absolute atomic E-state index is 12.0. The summed E-state index contributed by atoms with van der Waals surface area (Å²) in [5.74, 6) is -0.410. The van der Waals surface area contributed by atoms with Crippen LogP contribution in [0.15, 0.2) is 24.5 Å². The summed E-state index contributed by atoms with van der Waals surface area (Å²) in [6.07, 6.45) is 7.13. The Labute approximate surface area is 111 Å². The van der Waals surface area contributed by atoms with Crippen LogP contribution in [0.4, 0.5) is 0 Å². The minimum atomic E-state index is -0.401. The summed E-state index contributed by atoms with van der Waals surface area (Å²) in [6.45, 7) is 3.71. The van der Waals surface area contributed by atoms with Crippen LogP contribution in [0, 0.1) is 0 Å². The monoisotopic (exact) mass is 260 g/mol. The molecule has 0 atom stereocenters. The van der Waals surface area contributed by atoms with Crippen LogP contribution in [0.25, 0.3) is 6.08 Å². The van der Waals surface area contributed by atoms with Crippen molar-refractivity contribution in [3.05, 3.63) is 35.7 Å². The van der Waals surface area contributed by atoms with Gasteiger partial charge in [-0.25, -0.2) is 4.79 Å². The minimum Gasteiger partial charge on any atom is -0.463 e. The highest BCUT2D eigenvalue weighted by molar-refractivity contribution is 5.95. The molecule has 0 spiro atoms. The van der Waals surface area contributed by atoms with Gasteiger partial charge in [0.2, 0.25) is 0 Å². The van der Waals surface area contributed by atoms with Gasteiger partial charge in [0.15, 0.2) is 0 Å². The number of amides is 1. The van der Waals surface area contributed by atoms with Gasteiger partial charge in [0.25, 0.3) is 5.91 Å². The SMILES string of the molecule is CCOC(=O)/C=C/c1cncc(C(=O)N2CCC2)c1. The molecule has 1 saturated heterocycles. The zero-order valence-electron chi connectivity index (χ0n) is 10.8. The third-order valence-corrected chi connectivity index (χ3v) is 2.85. The Balaban J connectivity index is 2.06. The Kier molecular flexibility index (Phi) is 4.28. The molecule has 2 heterocycles. The Morgan fingerprint density at radius 3 is 2.84 bits per heavy atom. The van der Waals surface area contributed by atoms with Crippen molar-refractivity contribution < 1.29 is 14.3 Å². The standard InChI is InChI=1S/C14H16N2O3/c1-2-19-13(17)5-4-11-8-12(10-15-9-11)14(18)16-6-3-7-16/h4-5,8-10H,2-3,6-7H2,1H3/b5-4+. The molecule has 0 aliphatic carbocycles. The quantitative estimate of drug-likeness (QED) is 0.608. The van der Waals surface area contributed by atoms with Gasteiger partial charge >= 0.3 is 5.97 Å². The lowest BCUT2D eigenvalue weighted by molar-refractivity contribution is -0.137. The third kappa shape index (κ3) is 3.40. The highest BCUT2D eigenvalue weighted by atomic mass is 16.5. The molecule has 5 nitrogen and oxygen atoms in total. The van der Waals surface area contributed by atoms with E-state index in [0.29, 0.717) is 17.7 Å². The van der Waals surface area contributed by atoms with E-state index in [1.54, 1.807) is 36.4 Å².